The molecule has 2 aromatic carbocycles. The Balaban J connectivity index is 1.79. The zero-order valence-corrected chi connectivity index (χ0v) is 15.5. The first-order valence-corrected chi connectivity index (χ1v) is 9.07. The van der Waals surface area contributed by atoms with Gasteiger partial charge < -0.3 is 14.4 Å². The Kier molecular flexibility index (Phi) is 6.08. The molecule has 0 bridgehead atoms. The number of hydrogen-bond donors (Lipinski definition) is 1. The van der Waals surface area contributed by atoms with Crippen molar-refractivity contribution < 1.29 is 19.2 Å². The van der Waals surface area contributed by atoms with E-state index in [0.29, 0.717) is 5.56 Å². The predicted molar refractivity (Wildman–Crippen MR) is 103 cm³/mol. The van der Waals surface area contributed by atoms with Crippen molar-refractivity contribution >= 4 is 11.9 Å². The summed E-state index contributed by atoms with van der Waals surface area (Å²) < 4.78 is 10.8. The molecule has 1 heterocycles. The van der Waals surface area contributed by atoms with Crippen LogP contribution >= 0.6 is 0 Å². The first-order chi connectivity index (χ1) is 12.7. The number of quaternary nitrogens is 1. The summed E-state index contributed by atoms with van der Waals surface area (Å²) in [5.74, 6) is 1.59. The van der Waals surface area contributed by atoms with Crippen LogP contribution in [0.5, 0.6) is 11.5 Å². The van der Waals surface area contributed by atoms with Crippen molar-refractivity contribution in [2.75, 3.05) is 27.3 Å². The number of carbonyl (C=O) groups excluding carboxylic acids is 1. The molecule has 0 atom stereocenters. The summed E-state index contributed by atoms with van der Waals surface area (Å²) in [6.07, 6.45) is 5.96. The lowest BCUT2D eigenvalue weighted by molar-refractivity contribution is -0.901. The molecule has 1 fully saturated rings. The van der Waals surface area contributed by atoms with Crippen LogP contribution in [0.1, 0.15) is 34.3 Å². The van der Waals surface area contributed by atoms with E-state index in [2.05, 4.69) is 0 Å². The van der Waals surface area contributed by atoms with Crippen molar-refractivity contribution in [2.24, 2.45) is 0 Å². The lowest BCUT2D eigenvalue weighted by Crippen LogP contribution is -3.08. The molecule has 0 aliphatic carbocycles. The van der Waals surface area contributed by atoms with Gasteiger partial charge >= 0.3 is 0 Å². The highest BCUT2D eigenvalue weighted by atomic mass is 16.5. The molecule has 1 saturated heterocycles. The number of allylic oxidation sites excluding steroid dienone is 1. The lowest BCUT2D eigenvalue weighted by Gasteiger charge is -2.15. The van der Waals surface area contributed by atoms with E-state index in [0.717, 1.165) is 29.2 Å². The molecule has 1 N–H and O–H groups in total. The summed E-state index contributed by atoms with van der Waals surface area (Å²) >= 11 is 0. The standard InChI is InChI=1S/C22H25NO3/c1-25-21-8-4-3-7-17(21)9-11-20(24)18-10-12-22(26-2)19(15-18)16-23-13-5-6-14-23/h3-4,7-12,15H,5-6,13-14,16H2,1-2H3/p+1/b11-9+. The number of likely N-dealkylation sites (tertiary alicyclic amines) is 1. The molecule has 0 saturated carbocycles. The largest absolute Gasteiger partial charge is 0.496 e. The van der Waals surface area contributed by atoms with Crippen molar-refractivity contribution in [2.45, 2.75) is 19.4 Å². The highest BCUT2D eigenvalue weighted by molar-refractivity contribution is 6.07. The molecular weight excluding hydrogens is 326 g/mol. The molecule has 0 spiro atoms. The van der Waals surface area contributed by atoms with Gasteiger partial charge in [0.1, 0.15) is 18.0 Å². The Labute approximate surface area is 155 Å². The second-order valence-electron chi connectivity index (χ2n) is 6.60. The van der Waals surface area contributed by atoms with E-state index in [9.17, 15) is 4.79 Å². The summed E-state index contributed by atoms with van der Waals surface area (Å²) in [4.78, 5) is 14.2. The summed E-state index contributed by atoms with van der Waals surface area (Å²) in [5.41, 5.74) is 2.67. The molecule has 0 radical (unpaired) electrons. The van der Waals surface area contributed by atoms with Crippen molar-refractivity contribution in [3.8, 4) is 11.5 Å². The van der Waals surface area contributed by atoms with E-state index in [1.54, 1.807) is 31.3 Å². The summed E-state index contributed by atoms with van der Waals surface area (Å²) in [5, 5.41) is 0. The van der Waals surface area contributed by atoms with Crippen LogP contribution in [0.2, 0.25) is 0 Å². The van der Waals surface area contributed by atoms with Gasteiger partial charge in [0.15, 0.2) is 5.78 Å². The average Bonchev–Trinajstić information content (AvgIpc) is 3.19. The maximum absolute atomic E-state index is 12.6. The number of ketones is 1. The second-order valence-corrected chi connectivity index (χ2v) is 6.60. The first kappa shape index (κ1) is 18.2. The third-order valence-corrected chi connectivity index (χ3v) is 4.87. The van der Waals surface area contributed by atoms with Crippen LogP contribution in [-0.2, 0) is 6.54 Å². The first-order valence-electron chi connectivity index (χ1n) is 9.07. The minimum Gasteiger partial charge on any atom is -0.496 e. The van der Waals surface area contributed by atoms with Crippen molar-refractivity contribution in [3.63, 3.8) is 0 Å². The van der Waals surface area contributed by atoms with Gasteiger partial charge in [-0.3, -0.25) is 4.79 Å². The van der Waals surface area contributed by atoms with E-state index in [4.69, 9.17) is 9.47 Å². The summed E-state index contributed by atoms with van der Waals surface area (Å²) in [6, 6.07) is 13.4. The predicted octanol–water partition coefficient (Wildman–Crippen LogP) is 2.78. The van der Waals surface area contributed by atoms with Gasteiger partial charge in [-0.15, -0.1) is 0 Å². The Hall–Kier alpha value is -2.59. The highest BCUT2D eigenvalue weighted by Crippen LogP contribution is 2.22. The van der Waals surface area contributed by atoms with Crippen LogP contribution in [0.4, 0.5) is 0 Å². The van der Waals surface area contributed by atoms with Gasteiger partial charge in [0.2, 0.25) is 0 Å². The topological polar surface area (TPSA) is 40.0 Å². The average molecular weight is 352 g/mol. The van der Waals surface area contributed by atoms with E-state index in [-0.39, 0.29) is 5.78 Å². The Morgan fingerprint density at radius 3 is 2.50 bits per heavy atom. The smallest absolute Gasteiger partial charge is 0.185 e. The van der Waals surface area contributed by atoms with Crippen LogP contribution in [0.15, 0.2) is 48.5 Å². The minimum atomic E-state index is -0.0174. The number of para-hydroxylation sites is 1. The van der Waals surface area contributed by atoms with Gasteiger partial charge in [-0.1, -0.05) is 18.2 Å². The van der Waals surface area contributed by atoms with Crippen molar-refractivity contribution in [3.05, 3.63) is 65.2 Å². The fraction of sp³-hybridized carbons (Fsp3) is 0.318. The molecule has 0 aromatic heterocycles. The highest BCUT2D eigenvalue weighted by Gasteiger charge is 2.18. The van der Waals surface area contributed by atoms with Gasteiger partial charge in [0.25, 0.3) is 0 Å². The third kappa shape index (κ3) is 4.33. The normalized spacial score (nSPS) is 14.7. The fourth-order valence-electron chi connectivity index (χ4n) is 3.46. The number of benzene rings is 2. The SMILES string of the molecule is COc1ccccc1/C=C/C(=O)c1ccc(OC)c(C[NH+]2CCCC2)c1. The second kappa shape index (κ2) is 8.68. The zero-order chi connectivity index (χ0) is 18.4. The number of carbonyl (C=O) groups is 1. The van der Waals surface area contributed by atoms with Crippen LogP contribution in [0.3, 0.4) is 0 Å². The van der Waals surface area contributed by atoms with E-state index >= 15 is 0 Å². The lowest BCUT2D eigenvalue weighted by atomic mass is 10.0. The molecule has 4 nitrogen and oxygen atoms in total. The fourth-order valence-corrected chi connectivity index (χ4v) is 3.46. The number of ether oxygens (including phenoxy) is 2. The number of rotatable bonds is 7. The molecule has 4 heteroatoms. The Morgan fingerprint density at radius 2 is 1.77 bits per heavy atom. The molecule has 3 rings (SSSR count). The zero-order valence-electron chi connectivity index (χ0n) is 15.5. The van der Waals surface area contributed by atoms with Gasteiger partial charge in [-0.05, 0) is 36.4 Å². The molecule has 2 aromatic rings. The monoisotopic (exact) mass is 352 g/mol. The summed E-state index contributed by atoms with van der Waals surface area (Å²) in [7, 11) is 3.31. The van der Waals surface area contributed by atoms with E-state index < -0.39 is 0 Å². The number of hydrogen-bond acceptors (Lipinski definition) is 3. The maximum atomic E-state index is 12.6. The summed E-state index contributed by atoms with van der Waals surface area (Å²) in [6.45, 7) is 3.28. The van der Waals surface area contributed by atoms with Gasteiger partial charge in [0, 0.05) is 29.5 Å². The van der Waals surface area contributed by atoms with Crippen LogP contribution < -0.4 is 14.4 Å². The Morgan fingerprint density at radius 1 is 1.04 bits per heavy atom. The van der Waals surface area contributed by atoms with Gasteiger partial charge in [-0.2, -0.15) is 0 Å². The maximum Gasteiger partial charge on any atom is 0.185 e. The van der Waals surface area contributed by atoms with Crippen molar-refractivity contribution in [1.29, 1.82) is 0 Å². The quantitative estimate of drug-likeness (QED) is 0.615. The molecule has 136 valence electrons. The molecule has 0 amide bonds. The third-order valence-electron chi connectivity index (χ3n) is 4.87. The van der Waals surface area contributed by atoms with Crippen LogP contribution in [0.25, 0.3) is 6.08 Å². The Bertz CT molecular complexity index is 792. The van der Waals surface area contributed by atoms with Crippen LogP contribution in [0, 0.1) is 0 Å². The molecule has 1 aliphatic rings. The molecule has 1 aliphatic heterocycles. The number of methoxy groups -OCH3 is 2. The minimum absolute atomic E-state index is 0.0174. The molecular formula is C22H26NO3+. The van der Waals surface area contributed by atoms with Gasteiger partial charge in [-0.25, -0.2) is 0 Å². The van der Waals surface area contributed by atoms with E-state index in [1.165, 1.54) is 25.9 Å². The van der Waals surface area contributed by atoms with Gasteiger partial charge in [0.05, 0.1) is 27.3 Å². The van der Waals surface area contributed by atoms with E-state index in [1.807, 2.05) is 42.5 Å². The molecule has 26 heavy (non-hydrogen) atoms. The van der Waals surface area contributed by atoms with Crippen LogP contribution in [-0.4, -0.2) is 33.1 Å². The molecule has 0 unspecified atom stereocenters. The van der Waals surface area contributed by atoms with Crippen molar-refractivity contribution in [1.82, 2.24) is 0 Å². The number of nitrogens with one attached hydrogen (secondary N) is 1.